The number of benzene rings is 2. The van der Waals surface area contributed by atoms with Crippen LogP contribution in [0.3, 0.4) is 0 Å². The minimum absolute atomic E-state index is 0.173. The number of nitrogens with two attached hydrogens (primary N) is 1. The minimum atomic E-state index is -4.63. The maximum absolute atomic E-state index is 13.4. The van der Waals surface area contributed by atoms with Gasteiger partial charge in [0.25, 0.3) is 0 Å². The summed E-state index contributed by atoms with van der Waals surface area (Å²) >= 11 is 0. The number of carbonyl (C=O) groups excluding carboxylic acids is 3. The molecule has 0 aromatic heterocycles. The second-order valence-electron chi connectivity index (χ2n) is 7.80. The largest absolute Gasteiger partial charge is 0.416 e. The highest BCUT2D eigenvalue weighted by atomic mass is 19.4. The van der Waals surface area contributed by atoms with E-state index in [1.54, 1.807) is 23.2 Å². The number of halogens is 3. The zero-order valence-electron chi connectivity index (χ0n) is 15.9. The Kier molecular flexibility index (Phi) is 4.02. The quantitative estimate of drug-likeness (QED) is 0.747. The molecule has 3 aliphatic rings. The molecule has 0 aliphatic carbocycles. The third-order valence-electron chi connectivity index (χ3n) is 6.18. The summed E-state index contributed by atoms with van der Waals surface area (Å²) < 4.78 is 39.5. The van der Waals surface area contributed by atoms with Crippen LogP contribution in [0.1, 0.15) is 22.7 Å². The fourth-order valence-corrected chi connectivity index (χ4v) is 4.96. The third kappa shape index (κ3) is 2.69. The van der Waals surface area contributed by atoms with E-state index in [1.807, 2.05) is 18.2 Å². The molecule has 2 N–H and O–H groups in total. The van der Waals surface area contributed by atoms with Crippen LogP contribution < -0.4 is 10.6 Å². The number of anilines is 1. The van der Waals surface area contributed by atoms with Crippen LogP contribution in [0.2, 0.25) is 0 Å². The molecule has 9 heteroatoms. The molecule has 158 valence electrons. The van der Waals surface area contributed by atoms with Crippen molar-refractivity contribution in [3.8, 4) is 0 Å². The van der Waals surface area contributed by atoms with Gasteiger partial charge in [0.05, 0.1) is 29.1 Å². The topological polar surface area (TPSA) is 83.7 Å². The summed E-state index contributed by atoms with van der Waals surface area (Å²) in [7, 11) is 0. The van der Waals surface area contributed by atoms with E-state index in [0.29, 0.717) is 0 Å². The zero-order valence-corrected chi connectivity index (χ0v) is 15.9. The van der Waals surface area contributed by atoms with E-state index < -0.39 is 53.4 Å². The van der Waals surface area contributed by atoms with Crippen molar-refractivity contribution in [3.63, 3.8) is 0 Å². The SMILES string of the molecule is NC(=O)[C@@H]1[C@@H]2C(=O)N(c3cccc(C(F)(F)F)c3)C(=O)[C@@H]2[C@H]2c3ccccc3C=CN12. The molecule has 0 spiro atoms. The van der Waals surface area contributed by atoms with Gasteiger partial charge in [-0.2, -0.15) is 13.2 Å². The lowest BCUT2D eigenvalue weighted by atomic mass is 9.84. The van der Waals surface area contributed by atoms with Crippen molar-refractivity contribution >= 4 is 29.5 Å². The number of imide groups is 1. The van der Waals surface area contributed by atoms with Crippen LogP contribution in [-0.2, 0) is 20.6 Å². The lowest BCUT2D eigenvalue weighted by Crippen LogP contribution is -2.46. The van der Waals surface area contributed by atoms with E-state index in [9.17, 15) is 27.6 Å². The summed E-state index contributed by atoms with van der Waals surface area (Å²) in [6.45, 7) is 0. The summed E-state index contributed by atoms with van der Waals surface area (Å²) in [4.78, 5) is 41.4. The first-order chi connectivity index (χ1) is 14.7. The number of nitrogens with zero attached hydrogens (tertiary/aromatic N) is 2. The van der Waals surface area contributed by atoms with Crippen LogP contribution >= 0.6 is 0 Å². The molecule has 2 aromatic carbocycles. The number of amides is 3. The lowest BCUT2D eigenvalue weighted by molar-refractivity contribution is -0.137. The molecule has 0 radical (unpaired) electrons. The second kappa shape index (κ2) is 6.44. The molecule has 0 unspecified atom stereocenters. The summed E-state index contributed by atoms with van der Waals surface area (Å²) in [5.41, 5.74) is 6.06. The van der Waals surface area contributed by atoms with Gasteiger partial charge in [0.1, 0.15) is 6.04 Å². The predicted octanol–water partition coefficient (Wildman–Crippen LogP) is 2.71. The number of rotatable bonds is 2. The number of fused-ring (bicyclic) bond motifs is 5. The Morgan fingerprint density at radius 3 is 2.39 bits per heavy atom. The molecule has 0 bridgehead atoms. The van der Waals surface area contributed by atoms with Gasteiger partial charge in [-0.15, -0.1) is 0 Å². The Morgan fingerprint density at radius 2 is 1.68 bits per heavy atom. The Morgan fingerprint density at radius 1 is 0.968 bits per heavy atom. The first-order valence-corrected chi connectivity index (χ1v) is 9.59. The first kappa shape index (κ1) is 19.3. The molecular formula is C22H16F3N3O3. The van der Waals surface area contributed by atoms with Crippen molar-refractivity contribution < 1.29 is 27.6 Å². The summed E-state index contributed by atoms with van der Waals surface area (Å²) in [5.74, 6) is -4.16. The van der Waals surface area contributed by atoms with Crippen molar-refractivity contribution in [2.24, 2.45) is 17.6 Å². The van der Waals surface area contributed by atoms with Gasteiger partial charge < -0.3 is 10.6 Å². The highest BCUT2D eigenvalue weighted by molar-refractivity contribution is 6.24. The van der Waals surface area contributed by atoms with Gasteiger partial charge in [-0.3, -0.25) is 14.4 Å². The normalized spacial score (nSPS) is 26.7. The average Bonchev–Trinajstić information content (AvgIpc) is 3.20. The highest BCUT2D eigenvalue weighted by Gasteiger charge is 2.64. The van der Waals surface area contributed by atoms with Crippen LogP contribution in [0.25, 0.3) is 6.08 Å². The maximum Gasteiger partial charge on any atom is 0.416 e. The van der Waals surface area contributed by atoms with Crippen molar-refractivity contribution in [3.05, 3.63) is 71.4 Å². The molecule has 6 nitrogen and oxygen atoms in total. The molecule has 3 aliphatic heterocycles. The molecule has 2 saturated heterocycles. The molecule has 31 heavy (non-hydrogen) atoms. The summed E-state index contributed by atoms with van der Waals surface area (Å²) in [5, 5.41) is 0. The van der Waals surface area contributed by atoms with E-state index in [1.165, 1.54) is 6.07 Å². The van der Waals surface area contributed by atoms with Crippen LogP contribution in [-0.4, -0.2) is 28.7 Å². The maximum atomic E-state index is 13.4. The molecular weight excluding hydrogens is 411 g/mol. The van der Waals surface area contributed by atoms with Gasteiger partial charge in [0, 0.05) is 6.20 Å². The second-order valence-corrected chi connectivity index (χ2v) is 7.80. The number of carbonyl (C=O) groups is 3. The van der Waals surface area contributed by atoms with Crippen LogP contribution in [0.5, 0.6) is 0 Å². The third-order valence-corrected chi connectivity index (χ3v) is 6.18. The predicted molar refractivity (Wildman–Crippen MR) is 104 cm³/mol. The van der Waals surface area contributed by atoms with Gasteiger partial charge in [-0.25, -0.2) is 4.90 Å². The Bertz CT molecular complexity index is 1160. The summed E-state index contributed by atoms with van der Waals surface area (Å²) in [6.07, 6.45) is -1.20. The molecule has 4 atom stereocenters. The van der Waals surface area contributed by atoms with Crippen molar-refractivity contribution in [1.29, 1.82) is 0 Å². The molecule has 3 heterocycles. The average molecular weight is 427 g/mol. The lowest BCUT2D eigenvalue weighted by Gasteiger charge is -2.34. The Labute approximate surface area is 174 Å². The van der Waals surface area contributed by atoms with Gasteiger partial charge in [-0.1, -0.05) is 30.3 Å². The van der Waals surface area contributed by atoms with E-state index in [0.717, 1.165) is 34.2 Å². The van der Waals surface area contributed by atoms with Gasteiger partial charge in [0.2, 0.25) is 17.7 Å². The van der Waals surface area contributed by atoms with Crippen molar-refractivity contribution in [2.45, 2.75) is 18.3 Å². The van der Waals surface area contributed by atoms with Crippen LogP contribution in [0.4, 0.5) is 18.9 Å². The fraction of sp³-hybridized carbons (Fsp3) is 0.227. The minimum Gasteiger partial charge on any atom is -0.368 e. The number of hydrogen-bond donors (Lipinski definition) is 1. The van der Waals surface area contributed by atoms with Crippen LogP contribution in [0.15, 0.2) is 54.7 Å². The number of primary amides is 1. The van der Waals surface area contributed by atoms with Gasteiger partial charge in [0.15, 0.2) is 0 Å². The van der Waals surface area contributed by atoms with E-state index in [2.05, 4.69) is 0 Å². The van der Waals surface area contributed by atoms with Gasteiger partial charge in [-0.05, 0) is 35.4 Å². The molecule has 3 amide bonds. The van der Waals surface area contributed by atoms with Crippen LogP contribution in [0, 0.1) is 11.8 Å². The standard InChI is InChI=1S/C22H16F3N3O3/c23-22(24,25)12-5-3-6-13(10-12)28-20(30)15-16(21(28)31)18(19(26)29)27-9-8-11-4-1-2-7-14(11)17(15)27/h1-10,15-18H,(H2,26,29)/t15-,16+,17+,18-/m0/s1. The monoisotopic (exact) mass is 427 g/mol. The smallest absolute Gasteiger partial charge is 0.368 e. The molecule has 5 rings (SSSR count). The van der Waals surface area contributed by atoms with E-state index in [4.69, 9.17) is 5.73 Å². The zero-order chi connectivity index (χ0) is 22.1. The van der Waals surface area contributed by atoms with E-state index >= 15 is 0 Å². The van der Waals surface area contributed by atoms with Gasteiger partial charge >= 0.3 is 6.18 Å². The van der Waals surface area contributed by atoms with Crippen molar-refractivity contribution in [1.82, 2.24) is 4.90 Å². The fourth-order valence-electron chi connectivity index (χ4n) is 4.96. The Hall–Kier alpha value is -3.62. The molecule has 0 saturated carbocycles. The van der Waals surface area contributed by atoms with Crippen molar-refractivity contribution in [2.75, 3.05) is 4.90 Å². The highest BCUT2D eigenvalue weighted by Crippen LogP contribution is 2.53. The summed E-state index contributed by atoms with van der Waals surface area (Å²) in [6, 6.07) is 9.63. The Balaban J connectivity index is 1.62. The number of hydrogen-bond acceptors (Lipinski definition) is 4. The molecule has 2 aromatic rings. The van der Waals surface area contributed by atoms with E-state index in [-0.39, 0.29) is 5.69 Å². The number of alkyl halides is 3. The first-order valence-electron chi connectivity index (χ1n) is 9.59. The molecule has 2 fully saturated rings.